The van der Waals surface area contributed by atoms with Crippen molar-refractivity contribution < 1.29 is 0 Å². The lowest BCUT2D eigenvalue weighted by Crippen LogP contribution is -2.62. The molecule has 3 aliphatic heterocycles. The van der Waals surface area contributed by atoms with Gasteiger partial charge < -0.3 is 5.32 Å². The number of piperazine rings is 3. The lowest BCUT2D eigenvalue weighted by molar-refractivity contribution is 0.0189. The van der Waals surface area contributed by atoms with E-state index in [-0.39, 0.29) is 10.6 Å². The van der Waals surface area contributed by atoms with Crippen LogP contribution in [0.25, 0.3) is 5.69 Å². The van der Waals surface area contributed by atoms with Crippen molar-refractivity contribution in [2.75, 3.05) is 44.6 Å². The maximum Gasteiger partial charge on any atom is 0.292 e. The van der Waals surface area contributed by atoms with E-state index in [0.29, 0.717) is 17.4 Å². The first-order valence-electron chi connectivity index (χ1n) is 8.26. The zero-order chi connectivity index (χ0) is 16.5. The predicted octanol–water partition coefficient (Wildman–Crippen LogP) is 1.30. The minimum atomic E-state index is -0.304. The molecule has 0 aliphatic carbocycles. The van der Waals surface area contributed by atoms with Crippen molar-refractivity contribution in [3.63, 3.8) is 0 Å². The van der Waals surface area contributed by atoms with Crippen LogP contribution >= 0.6 is 11.6 Å². The van der Waals surface area contributed by atoms with Gasteiger partial charge in [0.1, 0.15) is 5.02 Å². The smallest absolute Gasteiger partial charge is 0.292 e. The fraction of sp³-hybridized carbons (Fsp3) is 0.412. The molecule has 3 aliphatic rings. The summed E-state index contributed by atoms with van der Waals surface area (Å²) in [7, 11) is 0. The predicted molar refractivity (Wildman–Crippen MR) is 95.1 cm³/mol. The molecule has 1 unspecified atom stereocenters. The highest BCUT2D eigenvalue weighted by molar-refractivity contribution is 6.32. The van der Waals surface area contributed by atoms with Crippen LogP contribution in [0.4, 0.5) is 5.69 Å². The molecule has 4 heterocycles. The number of nitrogens with one attached hydrogen (secondary N) is 1. The van der Waals surface area contributed by atoms with Gasteiger partial charge in [0.2, 0.25) is 0 Å². The number of anilines is 1. The van der Waals surface area contributed by atoms with Crippen molar-refractivity contribution in [3.05, 3.63) is 51.9 Å². The van der Waals surface area contributed by atoms with Gasteiger partial charge in [-0.05, 0) is 12.1 Å². The van der Waals surface area contributed by atoms with Gasteiger partial charge in [-0.15, -0.1) is 0 Å². The number of hydrogen-bond donors (Lipinski definition) is 1. The molecule has 2 aromatic rings. The lowest BCUT2D eigenvalue weighted by atomic mass is 10.1. The van der Waals surface area contributed by atoms with E-state index in [0.717, 1.165) is 39.3 Å². The molecule has 7 heteroatoms. The maximum atomic E-state index is 12.5. The Kier molecular flexibility index (Phi) is 4.26. The van der Waals surface area contributed by atoms with Crippen LogP contribution in [-0.2, 0) is 0 Å². The largest absolute Gasteiger partial charge is 0.381 e. The molecule has 1 atom stereocenters. The molecule has 1 aromatic carbocycles. The summed E-state index contributed by atoms with van der Waals surface area (Å²) >= 11 is 6.29. The Morgan fingerprint density at radius 2 is 1.92 bits per heavy atom. The molecule has 6 nitrogen and oxygen atoms in total. The van der Waals surface area contributed by atoms with Crippen molar-refractivity contribution in [2.45, 2.75) is 6.04 Å². The molecule has 0 saturated carbocycles. The van der Waals surface area contributed by atoms with Gasteiger partial charge in [0.25, 0.3) is 5.56 Å². The molecule has 126 valence electrons. The Balaban J connectivity index is 1.50. The zero-order valence-electron chi connectivity index (χ0n) is 13.4. The highest BCUT2D eigenvalue weighted by atomic mass is 35.5. The van der Waals surface area contributed by atoms with E-state index in [1.165, 1.54) is 4.68 Å². The van der Waals surface area contributed by atoms with Gasteiger partial charge in [0, 0.05) is 45.3 Å². The van der Waals surface area contributed by atoms with Crippen LogP contribution in [0.1, 0.15) is 0 Å². The van der Waals surface area contributed by atoms with Gasteiger partial charge >= 0.3 is 0 Å². The van der Waals surface area contributed by atoms with Gasteiger partial charge in [0.15, 0.2) is 0 Å². The quantitative estimate of drug-likeness (QED) is 0.905. The Bertz CT molecular complexity index is 770. The van der Waals surface area contributed by atoms with E-state index in [1.54, 1.807) is 6.20 Å². The van der Waals surface area contributed by atoms with Gasteiger partial charge in [-0.3, -0.25) is 14.6 Å². The van der Waals surface area contributed by atoms with Gasteiger partial charge in [-0.1, -0.05) is 29.8 Å². The normalized spacial score (nSPS) is 25.6. The van der Waals surface area contributed by atoms with Crippen LogP contribution in [0.3, 0.4) is 0 Å². The highest BCUT2D eigenvalue weighted by Gasteiger charge is 2.31. The second-order valence-corrected chi connectivity index (χ2v) is 6.67. The monoisotopic (exact) mass is 345 g/mol. The Labute approximate surface area is 145 Å². The van der Waals surface area contributed by atoms with Crippen LogP contribution in [0.2, 0.25) is 5.02 Å². The second-order valence-electron chi connectivity index (χ2n) is 6.30. The van der Waals surface area contributed by atoms with E-state index < -0.39 is 0 Å². The van der Waals surface area contributed by atoms with E-state index in [1.807, 2.05) is 30.3 Å². The molecule has 0 radical (unpaired) electrons. The molecule has 24 heavy (non-hydrogen) atoms. The third kappa shape index (κ3) is 2.92. The van der Waals surface area contributed by atoms with E-state index >= 15 is 0 Å². The van der Waals surface area contributed by atoms with Crippen molar-refractivity contribution >= 4 is 17.3 Å². The Morgan fingerprint density at radius 3 is 2.58 bits per heavy atom. The Morgan fingerprint density at radius 1 is 1.17 bits per heavy atom. The van der Waals surface area contributed by atoms with Crippen LogP contribution in [0, 0.1) is 0 Å². The number of fused-ring (bicyclic) bond motifs is 3. The first kappa shape index (κ1) is 15.6. The van der Waals surface area contributed by atoms with Gasteiger partial charge in [-0.2, -0.15) is 9.78 Å². The fourth-order valence-corrected chi connectivity index (χ4v) is 3.65. The number of rotatable bonds is 4. The highest BCUT2D eigenvalue weighted by Crippen LogP contribution is 2.19. The van der Waals surface area contributed by atoms with Crippen molar-refractivity contribution in [1.82, 2.24) is 19.6 Å². The third-order valence-corrected chi connectivity index (χ3v) is 5.21. The van der Waals surface area contributed by atoms with E-state index in [4.69, 9.17) is 11.6 Å². The topological polar surface area (TPSA) is 53.4 Å². The number of aromatic nitrogens is 2. The maximum absolute atomic E-state index is 12.5. The average Bonchev–Trinajstić information content (AvgIpc) is 2.65. The molecule has 2 bridgehead atoms. The van der Waals surface area contributed by atoms with E-state index in [2.05, 4.69) is 20.2 Å². The summed E-state index contributed by atoms with van der Waals surface area (Å²) in [5.74, 6) is 0. The summed E-state index contributed by atoms with van der Waals surface area (Å²) in [5.41, 5.74) is 1.01. The summed E-state index contributed by atoms with van der Waals surface area (Å²) < 4.78 is 1.32. The number of nitrogens with zero attached hydrogens (tertiary/aromatic N) is 4. The summed E-state index contributed by atoms with van der Waals surface area (Å²) in [6.45, 7) is 6.39. The first-order chi connectivity index (χ1) is 11.7. The first-order valence-corrected chi connectivity index (χ1v) is 8.64. The number of hydrogen-bond acceptors (Lipinski definition) is 5. The molecule has 1 N–H and O–H groups in total. The van der Waals surface area contributed by atoms with E-state index in [9.17, 15) is 4.79 Å². The SMILES string of the molecule is O=c1c(Cl)c(NCC2CN3CCN2CC3)cnn1-c1ccccc1. The van der Waals surface area contributed by atoms with Crippen LogP contribution in [-0.4, -0.2) is 64.9 Å². The molecular weight excluding hydrogens is 326 g/mol. The molecule has 5 rings (SSSR count). The van der Waals surface area contributed by atoms with Gasteiger partial charge in [0.05, 0.1) is 17.6 Å². The third-order valence-electron chi connectivity index (χ3n) is 4.84. The molecule has 1 aromatic heterocycles. The summed E-state index contributed by atoms with van der Waals surface area (Å²) in [5, 5.41) is 7.75. The minimum Gasteiger partial charge on any atom is -0.381 e. The summed E-state index contributed by atoms with van der Waals surface area (Å²) in [6.07, 6.45) is 1.63. The molecule has 0 amide bonds. The van der Waals surface area contributed by atoms with Crippen molar-refractivity contribution in [3.8, 4) is 5.69 Å². The number of halogens is 1. The zero-order valence-corrected chi connectivity index (χ0v) is 14.1. The molecule has 0 spiro atoms. The summed E-state index contributed by atoms with van der Waals surface area (Å²) in [4.78, 5) is 17.5. The lowest BCUT2D eigenvalue weighted by Gasteiger charge is -2.47. The van der Waals surface area contributed by atoms with Crippen LogP contribution in [0.5, 0.6) is 0 Å². The van der Waals surface area contributed by atoms with Crippen LogP contribution in [0.15, 0.2) is 41.3 Å². The average molecular weight is 346 g/mol. The summed E-state index contributed by atoms with van der Waals surface area (Å²) in [6, 6.07) is 9.75. The van der Waals surface area contributed by atoms with Crippen molar-refractivity contribution in [2.24, 2.45) is 0 Å². The van der Waals surface area contributed by atoms with Gasteiger partial charge in [-0.25, -0.2) is 0 Å². The standard InChI is InChI=1S/C17H20ClN5O/c18-16-15(19-10-14-12-21-6-8-22(14)9-7-21)11-20-23(17(16)24)13-4-2-1-3-5-13/h1-5,11,14,19H,6-10,12H2. The number of benzene rings is 1. The molecule has 3 fully saturated rings. The number of para-hydroxylation sites is 1. The second kappa shape index (κ2) is 6.55. The Hall–Kier alpha value is -1.89. The molecule has 3 saturated heterocycles. The molecular formula is C17H20ClN5O. The van der Waals surface area contributed by atoms with Crippen molar-refractivity contribution in [1.29, 1.82) is 0 Å². The van der Waals surface area contributed by atoms with Crippen LogP contribution < -0.4 is 10.9 Å². The fourth-order valence-electron chi connectivity index (χ4n) is 3.46. The minimum absolute atomic E-state index is 0.185.